The Labute approximate surface area is 169 Å². The van der Waals surface area contributed by atoms with Crippen LogP contribution < -0.4 is 10.6 Å². The Morgan fingerprint density at radius 2 is 1.66 bits per heavy atom. The Kier molecular flexibility index (Phi) is 5.57. The van der Waals surface area contributed by atoms with E-state index >= 15 is 0 Å². The molecule has 2 N–H and O–H groups in total. The monoisotopic (exact) mass is 414 g/mol. The van der Waals surface area contributed by atoms with Gasteiger partial charge in [-0.2, -0.15) is 0 Å². The molecular weight excluding hydrogens is 392 g/mol. The van der Waals surface area contributed by atoms with Gasteiger partial charge in [-0.05, 0) is 30.2 Å². The summed E-state index contributed by atoms with van der Waals surface area (Å²) in [5, 5.41) is 5.26. The summed E-state index contributed by atoms with van der Waals surface area (Å²) < 4.78 is 23.0. The van der Waals surface area contributed by atoms with Crippen molar-refractivity contribution >= 4 is 27.4 Å². The van der Waals surface area contributed by atoms with Crippen LogP contribution in [0.3, 0.4) is 0 Å². The highest BCUT2D eigenvalue weighted by Gasteiger charge is 2.52. The Balaban J connectivity index is 1.66. The molecule has 1 aliphatic rings. The van der Waals surface area contributed by atoms with Crippen LogP contribution in [0.1, 0.15) is 18.1 Å². The predicted octanol–water partition coefficient (Wildman–Crippen LogP) is 1.02. The van der Waals surface area contributed by atoms with E-state index in [4.69, 9.17) is 0 Å². The van der Waals surface area contributed by atoms with E-state index in [9.17, 15) is 22.8 Å². The molecular formula is C21H22N2O5S. The van der Waals surface area contributed by atoms with Gasteiger partial charge in [-0.15, -0.1) is 0 Å². The number of ketones is 1. The van der Waals surface area contributed by atoms with Crippen LogP contribution in [0.2, 0.25) is 0 Å². The highest BCUT2D eigenvalue weighted by atomic mass is 32.2. The van der Waals surface area contributed by atoms with Crippen molar-refractivity contribution in [2.24, 2.45) is 5.92 Å². The van der Waals surface area contributed by atoms with Crippen molar-refractivity contribution in [2.75, 3.05) is 6.26 Å². The summed E-state index contributed by atoms with van der Waals surface area (Å²) >= 11 is 0. The van der Waals surface area contributed by atoms with Gasteiger partial charge in [-0.3, -0.25) is 14.4 Å². The lowest BCUT2D eigenvalue weighted by Gasteiger charge is -2.22. The van der Waals surface area contributed by atoms with E-state index in [1.165, 1.54) is 12.1 Å². The fourth-order valence-electron chi connectivity index (χ4n) is 3.36. The molecule has 2 atom stereocenters. The number of nitrogens with one attached hydrogen (secondary N) is 2. The van der Waals surface area contributed by atoms with Crippen molar-refractivity contribution in [1.82, 2.24) is 10.6 Å². The highest BCUT2D eigenvalue weighted by Crippen LogP contribution is 2.25. The average molecular weight is 414 g/mol. The third-order valence-electron chi connectivity index (χ3n) is 4.95. The van der Waals surface area contributed by atoms with Gasteiger partial charge in [0.2, 0.25) is 11.8 Å². The van der Waals surface area contributed by atoms with Crippen molar-refractivity contribution in [1.29, 1.82) is 0 Å². The fourth-order valence-corrected chi connectivity index (χ4v) is 3.99. The van der Waals surface area contributed by atoms with Gasteiger partial charge in [0.15, 0.2) is 21.5 Å². The topological polar surface area (TPSA) is 109 Å². The van der Waals surface area contributed by atoms with Gasteiger partial charge < -0.3 is 10.6 Å². The first-order valence-electron chi connectivity index (χ1n) is 9.07. The minimum absolute atomic E-state index is 0.0787. The van der Waals surface area contributed by atoms with Gasteiger partial charge in [-0.1, -0.05) is 42.5 Å². The zero-order valence-electron chi connectivity index (χ0n) is 16.1. The number of sulfone groups is 1. The molecule has 0 aliphatic carbocycles. The summed E-state index contributed by atoms with van der Waals surface area (Å²) in [5.41, 5.74) is 0.400. The molecule has 7 nitrogen and oxygen atoms in total. The molecule has 0 aromatic heterocycles. The molecule has 1 fully saturated rings. The van der Waals surface area contributed by atoms with Gasteiger partial charge in [-0.25, -0.2) is 8.42 Å². The maximum absolute atomic E-state index is 12.8. The first-order chi connectivity index (χ1) is 13.6. The standard InChI is InChI=1S/C21H22N2O5S/c1-21(12-14-6-4-3-5-7-14)18(24)17(20(26)23-21)19(25)22-13-15-8-10-16(11-9-15)29(2,27)28/h3-11,17H,12-13H2,1-2H3,(H,22,25)(H,23,26). The fraction of sp³-hybridized carbons (Fsp3) is 0.286. The summed E-state index contributed by atoms with van der Waals surface area (Å²) in [4.78, 5) is 37.9. The number of rotatable bonds is 6. The molecule has 1 saturated heterocycles. The minimum Gasteiger partial charge on any atom is -0.351 e. The van der Waals surface area contributed by atoms with E-state index in [-0.39, 0.29) is 11.4 Å². The molecule has 29 heavy (non-hydrogen) atoms. The zero-order chi connectivity index (χ0) is 21.2. The van der Waals surface area contributed by atoms with E-state index < -0.39 is 38.9 Å². The second-order valence-corrected chi connectivity index (χ2v) is 9.43. The second kappa shape index (κ2) is 7.79. The third kappa shape index (κ3) is 4.54. The van der Waals surface area contributed by atoms with Crippen LogP contribution in [-0.2, 0) is 37.2 Å². The molecule has 152 valence electrons. The van der Waals surface area contributed by atoms with Gasteiger partial charge in [0, 0.05) is 19.2 Å². The predicted molar refractivity (Wildman–Crippen MR) is 107 cm³/mol. The first kappa shape index (κ1) is 20.7. The number of hydrogen-bond acceptors (Lipinski definition) is 5. The molecule has 0 radical (unpaired) electrons. The Morgan fingerprint density at radius 3 is 2.24 bits per heavy atom. The van der Waals surface area contributed by atoms with E-state index in [1.54, 1.807) is 19.1 Å². The first-order valence-corrected chi connectivity index (χ1v) is 11.0. The second-order valence-electron chi connectivity index (χ2n) is 7.41. The normalized spacial score (nSPS) is 21.7. The molecule has 2 amide bonds. The quantitative estimate of drug-likeness (QED) is 0.686. The Morgan fingerprint density at radius 1 is 1.03 bits per heavy atom. The smallest absolute Gasteiger partial charge is 0.241 e. The summed E-state index contributed by atoms with van der Waals surface area (Å²) in [6.07, 6.45) is 1.41. The molecule has 0 spiro atoms. The number of Topliss-reactive ketones (excluding diaryl/α,β-unsaturated/α-hetero) is 1. The molecule has 2 unspecified atom stereocenters. The van der Waals surface area contributed by atoms with Crippen LogP contribution in [-0.4, -0.2) is 37.8 Å². The summed E-state index contributed by atoms with van der Waals surface area (Å²) in [7, 11) is -3.30. The Bertz CT molecular complexity index is 1050. The van der Waals surface area contributed by atoms with Gasteiger partial charge in [0.1, 0.15) is 5.54 Å². The number of benzene rings is 2. The van der Waals surface area contributed by atoms with Crippen molar-refractivity contribution in [3.05, 3.63) is 65.7 Å². The summed E-state index contributed by atoms with van der Waals surface area (Å²) in [5.74, 6) is -3.15. The van der Waals surface area contributed by atoms with Gasteiger partial charge >= 0.3 is 0 Å². The highest BCUT2D eigenvalue weighted by molar-refractivity contribution is 7.90. The number of amides is 2. The molecule has 8 heteroatoms. The molecule has 1 aliphatic heterocycles. The van der Waals surface area contributed by atoms with Crippen LogP contribution in [0.25, 0.3) is 0 Å². The molecule has 2 aromatic carbocycles. The molecule has 0 bridgehead atoms. The van der Waals surface area contributed by atoms with E-state index in [2.05, 4.69) is 10.6 Å². The Hall–Kier alpha value is -3.00. The van der Waals surface area contributed by atoms with Crippen LogP contribution in [0.4, 0.5) is 0 Å². The van der Waals surface area contributed by atoms with Crippen LogP contribution in [0, 0.1) is 5.92 Å². The third-order valence-corrected chi connectivity index (χ3v) is 6.08. The minimum atomic E-state index is -3.30. The molecule has 2 aromatic rings. The van der Waals surface area contributed by atoms with Crippen molar-refractivity contribution in [2.45, 2.75) is 30.3 Å². The van der Waals surface area contributed by atoms with Gasteiger partial charge in [0.05, 0.1) is 4.90 Å². The van der Waals surface area contributed by atoms with E-state index in [0.717, 1.165) is 11.8 Å². The lowest BCUT2D eigenvalue weighted by Crippen LogP contribution is -2.46. The van der Waals surface area contributed by atoms with Crippen molar-refractivity contribution in [3.63, 3.8) is 0 Å². The summed E-state index contributed by atoms with van der Waals surface area (Å²) in [6.45, 7) is 1.70. The van der Waals surface area contributed by atoms with Crippen LogP contribution >= 0.6 is 0 Å². The zero-order valence-corrected chi connectivity index (χ0v) is 17.0. The summed E-state index contributed by atoms with van der Waals surface area (Å²) in [6, 6.07) is 15.3. The number of carbonyl (C=O) groups excluding carboxylic acids is 3. The lowest BCUT2D eigenvalue weighted by atomic mass is 9.86. The van der Waals surface area contributed by atoms with E-state index in [0.29, 0.717) is 12.0 Å². The van der Waals surface area contributed by atoms with Crippen LogP contribution in [0.5, 0.6) is 0 Å². The molecule has 1 heterocycles. The maximum atomic E-state index is 12.8. The SMILES string of the molecule is CC1(Cc2ccccc2)NC(=O)C(C(=O)NCc2ccc(S(C)(=O)=O)cc2)C1=O. The molecule has 3 rings (SSSR count). The molecule has 0 saturated carbocycles. The number of carbonyl (C=O) groups is 3. The maximum Gasteiger partial charge on any atom is 0.241 e. The van der Waals surface area contributed by atoms with Crippen LogP contribution in [0.15, 0.2) is 59.5 Å². The number of hydrogen-bond donors (Lipinski definition) is 2. The van der Waals surface area contributed by atoms with Crippen molar-refractivity contribution < 1.29 is 22.8 Å². The van der Waals surface area contributed by atoms with Crippen molar-refractivity contribution in [3.8, 4) is 0 Å². The van der Waals surface area contributed by atoms with Gasteiger partial charge in [0.25, 0.3) is 0 Å². The average Bonchev–Trinajstić information content (AvgIpc) is 2.88. The lowest BCUT2D eigenvalue weighted by molar-refractivity contribution is -0.138. The van der Waals surface area contributed by atoms with E-state index in [1.807, 2.05) is 30.3 Å². The largest absolute Gasteiger partial charge is 0.351 e.